The first kappa shape index (κ1) is 15.6. The van der Waals surface area contributed by atoms with Gasteiger partial charge in [0.05, 0.1) is 5.75 Å². The molecular weight excluding hydrogens is 283 g/mol. The number of nitrogens with one attached hydrogen (secondary N) is 1. The molecule has 0 unspecified atom stereocenters. The summed E-state index contributed by atoms with van der Waals surface area (Å²) in [5, 5.41) is 0. The Balaban J connectivity index is 2.67. The maximum atomic E-state index is 11.9. The molecule has 108 valence electrons. The molecule has 0 fully saturated rings. The van der Waals surface area contributed by atoms with Crippen LogP contribution in [0.3, 0.4) is 0 Å². The average molecular weight is 297 g/mol. The maximum Gasteiger partial charge on any atom is 0.573 e. The fraction of sp³-hybridized carbons (Fsp3) is 0.455. The molecule has 0 spiro atoms. The van der Waals surface area contributed by atoms with Crippen molar-refractivity contribution in [3.8, 4) is 5.75 Å². The predicted octanol–water partition coefficient (Wildman–Crippen LogP) is 3.13. The molecule has 1 rings (SSSR count). The Kier molecular flexibility index (Phi) is 5.04. The zero-order chi connectivity index (χ0) is 14.5. The van der Waals surface area contributed by atoms with Gasteiger partial charge in [0.1, 0.15) is 5.75 Å². The number of unbranched alkanes of at least 4 members (excludes halogenated alkanes) is 1. The lowest BCUT2D eigenvalue weighted by Gasteiger charge is -2.10. The SMILES string of the molecule is CCCCS(=O)(=O)Nc1ccc(OC(F)(F)F)cc1. The summed E-state index contributed by atoms with van der Waals surface area (Å²) in [6, 6.07) is 4.52. The van der Waals surface area contributed by atoms with E-state index in [1.54, 1.807) is 0 Å². The number of anilines is 1. The highest BCUT2D eigenvalue weighted by Crippen LogP contribution is 2.24. The highest BCUT2D eigenvalue weighted by molar-refractivity contribution is 7.92. The van der Waals surface area contributed by atoms with E-state index in [0.29, 0.717) is 6.42 Å². The van der Waals surface area contributed by atoms with Gasteiger partial charge in [0, 0.05) is 5.69 Å². The summed E-state index contributed by atoms with van der Waals surface area (Å²) in [5.41, 5.74) is 0.200. The fourth-order valence-electron chi connectivity index (χ4n) is 1.29. The smallest absolute Gasteiger partial charge is 0.406 e. The summed E-state index contributed by atoms with van der Waals surface area (Å²) < 4.78 is 64.8. The number of alkyl halides is 3. The predicted molar refractivity (Wildman–Crippen MR) is 65.4 cm³/mol. The van der Waals surface area contributed by atoms with Gasteiger partial charge in [-0.2, -0.15) is 0 Å². The van der Waals surface area contributed by atoms with E-state index in [1.165, 1.54) is 12.1 Å². The van der Waals surface area contributed by atoms with Crippen LogP contribution in [0.4, 0.5) is 18.9 Å². The minimum absolute atomic E-state index is 0.0235. The molecule has 0 aliphatic carbocycles. The van der Waals surface area contributed by atoms with Gasteiger partial charge in [0.15, 0.2) is 0 Å². The van der Waals surface area contributed by atoms with Crippen LogP contribution < -0.4 is 9.46 Å². The third-order valence-electron chi connectivity index (χ3n) is 2.13. The Hall–Kier alpha value is -1.44. The standard InChI is InChI=1S/C11H14F3NO3S/c1-2-3-8-19(16,17)15-9-4-6-10(7-5-9)18-11(12,13)14/h4-7,15H,2-3,8H2,1H3. The highest BCUT2D eigenvalue weighted by atomic mass is 32.2. The first-order valence-electron chi connectivity index (χ1n) is 5.58. The lowest BCUT2D eigenvalue weighted by Crippen LogP contribution is -2.18. The Labute approximate surface area is 109 Å². The van der Waals surface area contributed by atoms with Gasteiger partial charge in [0.2, 0.25) is 10.0 Å². The Morgan fingerprint density at radius 1 is 1.21 bits per heavy atom. The Bertz CT molecular complexity index is 497. The summed E-state index contributed by atoms with van der Waals surface area (Å²) >= 11 is 0. The summed E-state index contributed by atoms with van der Waals surface area (Å²) in [4.78, 5) is 0. The normalized spacial score (nSPS) is 12.2. The molecule has 1 aromatic carbocycles. The van der Waals surface area contributed by atoms with Crippen LogP contribution in [0.25, 0.3) is 0 Å². The largest absolute Gasteiger partial charge is 0.573 e. The molecule has 1 aromatic rings. The van der Waals surface area contributed by atoms with Crippen LogP contribution in [0.15, 0.2) is 24.3 Å². The molecular formula is C11H14F3NO3S. The van der Waals surface area contributed by atoms with Gasteiger partial charge >= 0.3 is 6.36 Å². The van der Waals surface area contributed by atoms with Crippen LogP contribution in [0.5, 0.6) is 5.75 Å². The van der Waals surface area contributed by atoms with Crippen molar-refractivity contribution in [3.05, 3.63) is 24.3 Å². The third-order valence-corrected chi connectivity index (χ3v) is 3.50. The van der Waals surface area contributed by atoms with Gasteiger partial charge in [0.25, 0.3) is 0 Å². The van der Waals surface area contributed by atoms with Crippen molar-refractivity contribution in [2.45, 2.75) is 26.1 Å². The monoisotopic (exact) mass is 297 g/mol. The first-order valence-corrected chi connectivity index (χ1v) is 7.23. The molecule has 0 aromatic heterocycles. The van der Waals surface area contributed by atoms with Crippen molar-refractivity contribution in [3.63, 3.8) is 0 Å². The second-order valence-electron chi connectivity index (χ2n) is 3.85. The van der Waals surface area contributed by atoms with Crippen LogP contribution >= 0.6 is 0 Å². The second kappa shape index (κ2) is 6.14. The van der Waals surface area contributed by atoms with E-state index in [0.717, 1.165) is 18.6 Å². The summed E-state index contributed by atoms with van der Waals surface area (Å²) in [6.45, 7) is 1.86. The second-order valence-corrected chi connectivity index (χ2v) is 5.69. The molecule has 0 bridgehead atoms. The van der Waals surface area contributed by atoms with E-state index in [4.69, 9.17) is 0 Å². The van der Waals surface area contributed by atoms with Crippen LogP contribution in [-0.4, -0.2) is 20.5 Å². The number of benzene rings is 1. The average Bonchev–Trinajstić information content (AvgIpc) is 2.27. The zero-order valence-electron chi connectivity index (χ0n) is 10.2. The van der Waals surface area contributed by atoms with Crippen molar-refractivity contribution in [1.29, 1.82) is 0 Å². The van der Waals surface area contributed by atoms with Crippen molar-refractivity contribution in [2.75, 3.05) is 10.5 Å². The van der Waals surface area contributed by atoms with E-state index >= 15 is 0 Å². The molecule has 0 saturated carbocycles. The molecule has 0 heterocycles. The van der Waals surface area contributed by atoms with Gasteiger partial charge in [-0.05, 0) is 30.7 Å². The summed E-state index contributed by atoms with van der Waals surface area (Å²) in [7, 11) is -3.46. The van der Waals surface area contributed by atoms with Gasteiger partial charge in [-0.3, -0.25) is 4.72 Å². The van der Waals surface area contributed by atoms with Crippen LogP contribution in [0.2, 0.25) is 0 Å². The molecule has 0 aliphatic heterocycles. The summed E-state index contributed by atoms with van der Waals surface area (Å²) in [5.74, 6) is -0.423. The van der Waals surface area contributed by atoms with Gasteiger partial charge < -0.3 is 4.74 Å². The van der Waals surface area contributed by atoms with Gasteiger partial charge in [-0.1, -0.05) is 13.3 Å². The van der Waals surface area contributed by atoms with Crippen LogP contribution in [0, 0.1) is 0 Å². The van der Waals surface area contributed by atoms with E-state index in [1.807, 2.05) is 6.92 Å². The summed E-state index contributed by atoms with van der Waals surface area (Å²) in [6.07, 6.45) is -3.51. The third kappa shape index (κ3) is 6.32. The number of hydrogen-bond donors (Lipinski definition) is 1. The maximum absolute atomic E-state index is 11.9. The quantitative estimate of drug-likeness (QED) is 0.877. The van der Waals surface area contributed by atoms with Crippen molar-refractivity contribution < 1.29 is 26.3 Å². The molecule has 4 nitrogen and oxygen atoms in total. The topological polar surface area (TPSA) is 55.4 Å². The number of ether oxygens (including phenoxy) is 1. The zero-order valence-corrected chi connectivity index (χ0v) is 11.0. The first-order chi connectivity index (χ1) is 8.72. The Morgan fingerprint density at radius 3 is 2.26 bits per heavy atom. The molecule has 1 N–H and O–H groups in total. The number of hydrogen-bond acceptors (Lipinski definition) is 3. The molecule has 19 heavy (non-hydrogen) atoms. The molecule has 0 aliphatic rings. The number of halogens is 3. The lowest BCUT2D eigenvalue weighted by atomic mass is 10.3. The number of rotatable bonds is 6. The number of sulfonamides is 1. The van der Waals surface area contributed by atoms with E-state index in [-0.39, 0.29) is 11.4 Å². The molecule has 0 saturated heterocycles. The molecule has 8 heteroatoms. The van der Waals surface area contributed by atoms with Crippen molar-refractivity contribution in [1.82, 2.24) is 0 Å². The molecule has 0 radical (unpaired) electrons. The highest BCUT2D eigenvalue weighted by Gasteiger charge is 2.30. The van der Waals surface area contributed by atoms with Gasteiger partial charge in [-0.25, -0.2) is 8.42 Å². The molecule has 0 amide bonds. The van der Waals surface area contributed by atoms with E-state index in [9.17, 15) is 21.6 Å². The minimum Gasteiger partial charge on any atom is -0.406 e. The Morgan fingerprint density at radius 2 is 1.79 bits per heavy atom. The molecule has 0 atom stereocenters. The van der Waals surface area contributed by atoms with E-state index in [2.05, 4.69) is 9.46 Å². The van der Waals surface area contributed by atoms with Crippen molar-refractivity contribution >= 4 is 15.7 Å². The van der Waals surface area contributed by atoms with Gasteiger partial charge in [-0.15, -0.1) is 13.2 Å². The fourth-order valence-corrected chi connectivity index (χ4v) is 2.56. The van der Waals surface area contributed by atoms with Crippen molar-refractivity contribution in [2.24, 2.45) is 0 Å². The van der Waals surface area contributed by atoms with Crippen LogP contribution in [0.1, 0.15) is 19.8 Å². The van der Waals surface area contributed by atoms with E-state index < -0.39 is 22.1 Å². The minimum atomic E-state index is -4.76. The van der Waals surface area contributed by atoms with Crippen LogP contribution in [-0.2, 0) is 10.0 Å². The lowest BCUT2D eigenvalue weighted by molar-refractivity contribution is -0.274.